The number of nitrogens with one attached hydrogen (secondary N) is 1. The molecule has 0 bridgehead atoms. The van der Waals surface area contributed by atoms with Crippen LogP contribution in [0.4, 0.5) is 0 Å². The van der Waals surface area contributed by atoms with Gasteiger partial charge in [0.1, 0.15) is 0 Å². The SMILES string of the molecule is CC(C#N)C1=NC(=N)N=C1CCC#N. The Hall–Kier alpha value is -2.01. The molecule has 14 heavy (non-hydrogen) atoms. The molecule has 0 spiro atoms. The molecule has 1 aliphatic rings. The maximum atomic E-state index is 8.70. The van der Waals surface area contributed by atoms with Crippen LogP contribution in [0.25, 0.3) is 0 Å². The van der Waals surface area contributed by atoms with Crippen molar-refractivity contribution in [2.45, 2.75) is 19.8 Å². The Morgan fingerprint density at radius 3 is 2.71 bits per heavy atom. The van der Waals surface area contributed by atoms with E-state index in [1.54, 1.807) is 6.92 Å². The van der Waals surface area contributed by atoms with E-state index in [0.717, 1.165) is 0 Å². The van der Waals surface area contributed by atoms with Gasteiger partial charge in [-0.3, -0.25) is 5.41 Å². The molecule has 1 atom stereocenters. The Bertz CT molecular complexity index is 390. The summed E-state index contributed by atoms with van der Waals surface area (Å²) in [4.78, 5) is 7.73. The Labute approximate surface area is 81.9 Å². The molecule has 70 valence electrons. The second kappa shape index (κ2) is 4.29. The number of hydrogen-bond acceptors (Lipinski definition) is 3. The fourth-order valence-electron chi connectivity index (χ4n) is 1.15. The minimum absolute atomic E-state index is 0.0740. The fraction of sp³-hybridized carbons (Fsp3) is 0.444. The third-order valence-electron chi connectivity index (χ3n) is 1.84. The van der Waals surface area contributed by atoms with Crippen LogP contribution in [0, 0.1) is 34.0 Å². The summed E-state index contributed by atoms with van der Waals surface area (Å²) in [6.45, 7) is 1.71. The summed E-state index contributed by atoms with van der Waals surface area (Å²) in [7, 11) is 0. The lowest BCUT2D eigenvalue weighted by atomic mass is 10.0. The molecule has 5 nitrogen and oxygen atoms in total. The van der Waals surface area contributed by atoms with Crippen LogP contribution in [-0.2, 0) is 0 Å². The van der Waals surface area contributed by atoms with Gasteiger partial charge in [0.2, 0.25) is 5.96 Å². The summed E-state index contributed by atoms with van der Waals surface area (Å²) < 4.78 is 0. The molecule has 1 heterocycles. The van der Waals surface area contributed by atoms with E-state index >= 15 is 0 Å². The van der Waals surface area contributed by atoms with E-state index in [0.29, 0.717) is 24.3 Å². The topological polar surface area (TPSA) is 96.2 Å². The molecule has 1 aliphatic heterocycles. The second-order valence-electron chi connectivity index (χ2n) is 2.89. The van der Waals surface area contributed by atoms with E-state index in [-0.39, 0.29) is 11.9 Å². The van der Waals surface area contributed by atoms with E-state index in [9.17, 15) is 0 Å². The van der Waals surface area contributed by atoms with Gasteiger partial charge in [-0.15, -0.1) is 0 Å². The first-order chi connectivity index (χ1) is 6.69. The quantitative estimate of drug-likeness (QED) is 0.720. The molecule has 0 fully saturated rings. The highest BCUT2D eigenvalue weighted by Gasteiger charge is 2.21. The first-order valence-electron chi connectivity index (χ1n) is 4.20. The first kappa shape index (κ1) is 10.1. The highest BCUT2D eigenvalue weighted by atomic mass is 15.1. The molecular weight excluding hydrogens is 178 g/mol. The Morgan fingerprint density at radius 2 is 2.14 bits per heavy atom. The monoisotopic (exact) mass is 187 g/mol. The lowest BCUT2D eigenvalue weighted by Gasteiger charge is -2.03. The molecule has 0 saturated carbocycles. The number of hydrogen-bond donors (Lipinski definition) is 1. The summed E-state index contributed by atoms with van der Waals surface area (Å²) in [5.41, 5.74) is 1.14. The Kier molecular flexibility index (Phi) is 3.09. The number of rotatable bonds is 3. The van der Waals surface area contributed by atoms with Gasteiger partial charge in [0.25, 0.3) is 0 Å². The second-order valence-corrected chi connectivity index (χ2v) is 2.89. The van der Waals surface area contributed by atoms with Gasteiger partial charge >= 0.3 is 0 Å². The Morgan fingerprint density at radius 1 is 1.43 bits per heavy atom. The largest absolute Gasteiger partial charge is 0.265 e. The molecule has 5 heteroatoms. The van der Waals surface area contributed by atoms with Gasteiger partial charge in [-0.1, -0.05) is 0 Å². The lowest BCUT2D eigenvalue weighted by Crippen LogP contribution is -2.18. The number of nitriles is 2. The van der Waals surface area contributed by atoms with Crippen molar-refractivity contribution in [3.63, 3.8) is 0 Å². The van der Waals surface area contributed by atoms with Gasteiger partial charge in [-0.05, 0) is 6.92 Å². The highest BCUT2D eigenvalue weighted by molar-refractivity contribution is 6.49. The van der Waals surface area contributed by atoms with Crippen molar-refractivity contribution < 1.29 is 0 Å². The standard InChI is InChI=1S/C9H9N5/c1-6(5-11)8-7(3-2-4-10)13-9(12)14-8/h6,12H,2-3H2,1H3. The van der Waals surface area contributed by atoms with Crippen LogP contribution < -0.4 is 0 Å². The van der Waals surface area contributed by atoms with E-state index in [4.69, 9.17) is 15.9 Å². The van der Waals surface area contributed by atoms with Crippen LogP contribution in [0.3, 0.4) is 0 Å². The van der Waals surface area contributed by atoms with Crippen molar-refractivity contribution in [3.05, 3.63) is 0 Å². The molecule has 0 saturated heterocycles. The molecule has 0 aliphatic carbocycles. The highest BCUT2D eigenvalue weighted by Crippen LogP contribution is 2.11. The predicted molar refractivity (Wildman–Crippen MR) is 52.2 cm³/mol. The van der Waals surface area contributed by atoms with Gasteiger partial charge < -0.3 is 0 Å². The van der Waals surface area contributed by atoms with E-state index < -0.39 is 0 Å². The average Bonchev–Trinajstić information content (AvgIpc) is 2.55. The zero-order valence-electron chi connectivity index (χ0n) is 7.78. The van der Waals surface area contributed by atoms with Gasteiger partial charge in [0, 0.05) is 12.8 Å². The van der Waals surface area contributed by atoms with Gasteiger partial charge in [-0.2, -0.15) is 10.5 Å². The maximum absolute atomic E-state index is 8.70. The van der Waals surface area contributed by atoms with Crippen molar-refractivity contribution in [3.8, 4) is 12.1 Å². The zero-order chi connectivity index (χ0) is 10.6. The van der Waals surface area contributed by atoms with Crippen LogP contribution in [0.15, 0.2) is 9.98 Å². The lowest BCUT2D eigenvalue weighted by molar-refractivity contribution is 1.02. The first-order valence-corrected chi connectivity index (χ1v) is 4.20. The van der Waals surface area contributed by atoms with Crippen molar-refractivity contribution in [2.24, 2.45) is 15.9 Å². The molecule has 0 amide bonds. The molecular formula is C9H9N5. The van der Waals surface area contributed by atoms with Crippen molar-refractivity contribution in [1.82, 2.24) is 0 Å². The van der Waals surface area contributed by atoms with Gasteiger partial charge in [0.05, 0.1) is 29.5 Å². The number of aliphatic imine (C=N–C) groups is 2. The number of guanidine groups is 1. The van der Waals surface area contributed by atoms with Crippen LogP contribution in [0.2, 0.25) is 0 Å². The molecule has 0 radical (unpaired) electrons. The van der Waals surface area contributed by atoms with E-state index in [1.807, 2.05) is 12.1 Å². The van der Waals surface area contributed by atoms with Crippen LogP contribution in [0.1, 0.15) is 19.8 Å². The smallest absolute Gasteiger partial charge is 0.242 e. The average molecular weight is 187 g/mol. The predicted octanol–water partition coefficient (Wildman–Crippen LogP) is 1.28. The summed E-state index contributed by atoms with van der Waals surface area (Å²) in [5, 5.41) is 24.4. The van der Waals surface area contributed by atoms with Gasteiger partial charge in [0.15, 0.2) is 0 Å². The van der Waals surface area contributed by atoms with Crippen molar-refractivity contribution >= 4 is 17.4 Å². The molecule has 1 N–H and O–H groups in total. The van der Waals surface area contributed by atoms with E-state index in [2.05, 4.69) is 9.98 Å². The minimum Gasteiger partial charge on any atom is -0.265 e. The Balaban J connectivity index is 2.82. The summed E-state index contributed by atoms with van der Waals surface area (Å²) in [5.74, 6) is -0.440. The minimum atomic E-state index is -0.365. The van der Waals surface area contributed by atoms with Crippen LogP contribution >= 0.6 is 0 Å². The molecule has 0 aromatic heterocycles. The van der Waals surface area contributed by atoms with Gasteiger partial charge in [-0.25, -0.2) is 9.98 Å². The van der Waals surface area contributed by atoms with Crippen LogP contribution in [-0.4, -0.2) is 17.4 Å². The summed E-state index contributed by atoms with van der Waals surface area (Å²) in [6.07, 6.45) is 0.799. The summed E-state index contributed by atoms with van der Waals surface area (Å²) in [6, 6.07) is 4.04. The zero-order valence-corrected chi connectivity index (χ0v) is 7.78. The normalized spacial score (nSPS) is 16.6. The molecule has 1 unspecified atom stereocenters. The summed E-state index contributed by atoms with van der Waals surface area (Å²) >= 11 is 0. The van der Waals surface area contributed by atoms with Crippen molar-refractivity contribution in [2.75, 3.05) is 0 Å². The molecule has 0 aromatic carbocycles. The third-order valence-corrected chi connectivity index (χ3v) is 1.84. The number of nitrogens with zero attached hydrogens (tertiary/aromatic N) is 4. The van der Waals surface area contributed by atoms with E-state index in [1.165, 1.54) is 0 Å². The molecule has 1 rings (SSSR count). The van der Waals surface area contributed by atoms with Crippen LogP contribution in [0.5, 0.6) is 0 Å². The maximum Gasteiger partial charge on any atom is 0.242 e. The molecule has 0 aromatic rings. The van der Waals surface area contributed by atoms with Crippen molar-refractivity contribution in [1.29, 1.82) is 15.9 Å². The third kappa shape index (κ3) is 2.02. The fourth-order valence-corrected chi connectivity index (χ4v) is 1.15.